The first-order valence-electron chi connectivity index (χ1n) is 7.82. The molecule has 2 atom stereocenters. The summed E-state index contributed by atoms with van der Waals surface area (Å²) in [7, 11) is 2.08. The van der Waals surface area contributed by atoms with Crippen molar-refractivity contribution in [2.45, 2.75) is 31.8 Å². The van der Waals surface area contributed by atoms with Crippen LogP contribution < -0.4 is 0 Å². The van der Waals surface area contributed by atoms with Crippen molar-refractivity contribution in [3.05, 3.63) is 35.9 Å². The van der Waals surface area contributed by atoms with Crippen molar-refractivity contribution in [2.24, 2.45) is 5.41 Å². The SMILES string of the molecule is CN1CCC[C@]2(C(=O)O)CCN(Cc3ccccc3)C[C@@H]12. The molecule has 2 aliphatic rings. The van der Waals surface area contributed by atoms with Crippen LogP contribution in [-0.2, 0) is 11.3 Å². The molecule has 2 aliphatic heterocycles. The van der Waals surface area contributed by atoms with Gasteiger partial charge in [-0.2, -0.15) is 0 Å². The van der Waals surface area contributed by atoms with E-state index in [0.29, 0.717) is 0 Å². The maximum Gasteiger partial charge on any atom is 0.311 e. The van der Waals surface area contributed by atoms with Gasteiger partial charge in [-0.15, -0.1) is 0 Å². The van der Waals surface area contributed by atoms with Crippen LogP contribution >= 0.6 is 0 Å². The molecule has 114 valence electrons. The molecule has 0 aliphatic carbocycles. The Morgan fingerprint density at radius 3 is 2.76 bits per heavy atom. The molecule has 0 amide bonds. The Bertz CT molecular complexity index is 505. The van der Waals surface area contributed by atoms with E-state index in [1.807, 2.05) is 6.07 Å². The van der Waals surface area contributed by atoms with Crippen LogP contribution in [0.4, 0.5) is 0 Å². The van der Waals surface area contributed by atoms with Gasteiger partial charge in [0.25, 0.3) is 0 Å². The molecule has 1 aromatic carbocycles. The third-order valence-electron chi connectivity index (χ3n) is 5.28. The molecule has 4 heteroatoms. The molecule has 0 saturated carbocycles. The molecule has 0 radical (unpaired) electrons. The van der Waals surface area contributed by atoms with E-state index in [2.05, 4.69) is 41.1 Å². The number of carboxylic acid groups (broad SMARTS) is 1. The lowest BCUT2D eigenvalue weighted by Crippen LogP contribution is -2.62. The number of aliphatic carboxylic acids is 1. The first-order valence-corrected chi connectivity index (χ1v) is 7.82. The van der Waals surface area contributed by atoms with Crippen LogP contribution in [0.1, 0.15) is 24.8 Å². The standard InChI is InChI=1S/C17H24N2O2/c1-18-10-5-8-17(16(20)21)9-11-19(13-15(17)18)12-14-6-3-2-4-7-14/h2-4,6-7,15H,5,8-13H2,1H3,(H,20,21)/t15-,17+/m1/s1. The highest BCUT2D eigenvalue weighted by atomic mass is 16.4. The van der Waals surface area contributed by atoms with Gasteiger partial charge in [0.2, 0.25) is 0 Å². The van der Waals surface area contributed by atoms with Crippen LogP contribution in [0.3, 0.4) is 0 Å². The Balaban J connectivity index is 1.75. The number of hydrogen-bond donors (Lipinski definition) is 1. The number of likely N-dealkylation sites (tertiary alicyclic amines) is 2. The maximum absolute atomic E-state index is 11.9. The van der Waals surface area contributed by atoms with Crippen molar-refractivity contribution in [1.29, 1.82) is 0 Å². The van der Waals surface area contributed by atoms with Crippen molar-refractivity contribution in [1.82, 2.24) is 9.80 Å². The number of rotatable bonds is 3. The fourth-order valence-corrected chi connectivity index (χ4v) is 4.03. The third-order valence-corrected chi connectivity index (χ3v) is 5.28. The fraction of sp³-hybridized carbons (Fsp3) is 0.588. The molecule has 1 aromatic rings. The van der Waals surface area contributed by atoms with Crippen LogP contribution in [0.15, 0.2) is 30.3 Å². The third kappa shape index (κ3) is 2.70. The van der Waals surface area contributed by atoms with E-state index in [-0.39, 0.29) is 6.04 Å². The number of benzene rings is 1. The number of likely N-dealkylation sites (N-methyl/N-ethyl adjacent to an activating group) is 1. The summed E-state index contributed by atoms with van der Waals surface area (Å²) in [6.07, 6.45) is 2.60. The van der Waals surface area contributed by atoms with Gasteiger partial charge >= 0.3 is 5.97 Å². The van der Waals surface area contributed by atoms with Gasteiger partial charge in [0.1, 0.15) is 0 Å². The van der Waals surface area contributed by atoms with Crippen LogP contribution in [0.25, 0.3) is 0 Å². The summed E-state index contributed by atoms with van der Waals surface area (Å²) in [6, 6.07) is 10.6. The molecule has 0 unspecified atom stereocenters. The molecular weight excluding hydrogens is 264 g/mol. The fourth-order valence-electron chi connectivity index (χ4n) is 4.03. The summed E-state index contributed by atoms with van der Waals surface area (Å²) in [4.78, 5) is 16.5. The highest BCUT2D eigenvalue weighted by molar-refractivity contribution is 5.76. The van der Waals surface area contributed by atoms with Crippen molar-refractivity contribution in [2.75, 3.05) is 26.7 Å². The molecule has 2 heterocycles. The largest absolute Gasteiger partial charge is 0.481 e. The molecule has 3 rings (SSSR count). The quantitative estimate of drug-likeness (QED) is 0.924. The molecule has 0 aromatic heterocycles. The molecule has 21 heavy (non-hydrogen) atoms. The number of hydrogen-bond acceptors (Lipinski definition) is 3. The smallest absolute Gasteiger partial charge is 0.311 e. The first-order chi connectivity index (χ1) is 10.1. The Hall–Kier alpha value is -1.39. The van der Waals surface area contributed by atoms with E-state index < -0.39 is 11.4 Å². The predicted octanol–water partition coefficient (Wildman–Crippen LogP) is 2.06. The summed E-state index contributed by atoms with van der Waals surface area (Å²) in [5.41, 5.74) is 0.777. The predicted molar refractivity (Wildman–Crippen MR) is 82.1 cm³/mol. The van der Waals surface area contributed by atoms with E-state index >= 15 is 0 Å². The van der Waals surface area contributed by atoms with Crippen molar-refractivity contribution in [3.8, 4) is 0 Å². The topological polar surface area (TPSA) is 43.8 Å². The van der Waals surface area contributed by atoms with Gasteiger partial charge in [0.15, 0.2) is 0 Å². The van der Waals surface area contributed by atoms with Crippen LogP contribution in [0.2, 0.25) is 0 Å². The summed E-state index contributed by atoms with van der Waals surface area (Å²) in [5, 5.41) is 9.77. The van der Waals surface area contributed by atoms with Crippen molar-refractivity contribution in [3.63, 3.8) is 0 Å². The average molecular weight is 288 g/mol. The number of carboxylic acids is 1. The molecule has 4 nitrogen and oxygen atoms in total. The minimum atomic E-state index is -0.599. The van der Waals surface area contributed by atoms with E-state index in [0.717, 1.165) is 45.4 Å². The molecule has 2 fully saturated rings. The zero-order chi connectivity index (χ0) is 14.9. The second kappa shape index (κ2) is 5.78. The lowest BCUT2D eigenvalue weighted by Gasteiger charge is -2.51. The van der Waals surface area contributed by atoms with Crippen molar-refractivity contribution < 1.29 is 9.90 Å². The lowest BCUT2D eigenvalue weighted by atomic mass is 9.68. The molecule has 0 bridgehead atoms. The molecule has 2 saturated heterocycles. The minimum absolute atomic E-state index is 0.140. The van der Waals surface area contributed by atoms with E-state index in [9.17, 15) is 9.90 Å². The average Bonchev–Trinajstić information content (AvgIpc) is 2.49. The van der Waals surface area contributed by atoms with E-state index in [1.54, 1.807) is 0 Å². The Labute approximate surface area is 126 Å². The highest BCUT2D eigenvalue weighted by Gasteiger charge is 2.51. The monoisotopic (exact) mass is 288 g/mol. The number of piperidine rings is 2. The zero-order valence-electron chi connectivity index (χ0n) is 12.7. The normalized spacial score (nSPS) is 30.8. The number of fused-ring (bicyclic) bond motifs is 1. The second-order valence-corrected chi connectivity index (χ2v) is 6.53. The first kappa shape index (κ1) is 14.5. The van der Waals surface area contributed by atoms with Crippen LogP contribution in [-0.4, -0.2) is 53.6 Å². The summed E-state index contributed by atoms with van der Waals surface area (Å²) < 4.78 is 0. The summed E-state index contributed by atoms with van der Waals surface area (Å²) >= 11 is 0. The van der Waals surface area contributed by atoms with Gasteiger partial charge in [0, 0.05) is 19.1 Å². The van der Waals surface area contributed by atoms with Gasteiger partial charge in [-0.3, -0.25) is 9.69 Å². The summed E-state index contributed by atoms with van der Waals surface area (Å²) in [5.74, 6) is -0.599. The molecular formula is C17H24N2O2. The highest BCUT2D eigenvalue weighted by Crippen LogP contribution is 2.42. The van der Waals surface area contributed by atoms with Gasteiger partial charge < -0.3 is 10.0 Å². The van der Waals surface area contributed by atoms with E-state index in [1.165, 1.54) is 5.56 Å². The molecule has 1 N–H and O–H groups in total. The van der Waals surface area contributed by atoms with Crippen LogP contribution in [0, 0.1) is 5.41 Å². The number of carbonyl (C=O) groups is 1. The zero-order valence-corrected chi connectivity index (χ0v) is 12.7. The Morgan fingerprint density at radius 1 is 1.29 bits per heavy atom. The van der Waals surface area contributed by atoms with Gasteiger partial charge in [-0.25, -0.2) is 0 Å². The second-order valence-electron chi connectivity index (χ2n) is 6.53. The minimum Gasteiger partial charge on any atom is -0.481 e. The van der Waals surface area contributed by atoms with Gasteiger partial charge in [-0.1, -0.05) is 30.3 Å². The number of nitrogens with zero attached hydrogens (tertiary/aromatic N) is 2. The van der Waals surface area contributed by atoms with Crippen LogP contribution in [0.5, 0.6) is 0 Å². The lowest BCUT2D eigenvalue weighted by molar-refractivity contribution is -0.162. The van der Waals surface area contributed by atoms with Crippen molar-refractivity contribution >= 4 is 5.97 Å². The van der Waals surface area contributed by atoms with E-state index in [4.69, 9.17) is 0 Å². The van der Waals surface area contributed by atoms with Gasteiger partial charge in [-0.05, 0) is 45.0 Å². The summed E-state index contributed by atoms with van der Waals surface area (Å²) in [6.45, 7) is 3.67. The maximum atomic E-state index is 11.9. The molecule has 0 spiro atoms. The van der Waals surface area contributed by atoms with Gasteiger partial charge in [0.05, 0.1) is 5.41 Å². The Morgan fingerprint density at radius 2 is 2.05 bits per heavy atom. The Kier molecular flexibility index (Phi) is 4.00.